The van der Waals surface area contributed by atoms with E-state index in [0.717, 1.165) is 12.0 Å². The van der Waals surface area contributed by atoms with E-state index in [-0.39, 0.29) is 0 Å². The molecule has 0 saturated heterocycles. The van der Waals surface area contributed by atoms with Crippen molar-refractivity contribution in [1.29, 1.82) is 0 Å². The van der Waals surface area contributed by atoms with E-state index < -0.39 is 7.60 Å². The second-order valence-corrected chi connectivity index (χ2v) is 5.57. The third-order valence-electron chi connectivity index (χ3n) is 2.36. The van der Waals surface area contributed by atoms with Gasteiger partial charge >= 0.3 is 7.60 Å². The van der Waals surface area contributed by atoms with Crippen molar-refractivity contribution in [3.8, 4) is 0 Å². The number of hydrogen-bond donors (Lipinski definition) is 0. The number of hydrogen-bond acceptors (Lipinski definition) is 3. The van der Waals surface area contributed by atoms with Gasteiger partial charge in [0.1, 0.15) is 0 Å². The molecule has 15 heavy (non-hydrogen) atoms. The molecule has 1 aromatic carbocycles. The summed E-state index contributed by atoms with van der Waals surface area (Å²) in [6, 6.07) is 7.99. The lowest BCUT2D eigenvalue weighted by molar-refractivity contribution is 0.275. The molecule has 4 heteroatoms. The monoisotopic (exact) mass is 228 g/mol. The minimum absolute atomic E-state index is 0.323. The molecule has 0 saturated carbocycles. The Balaban J connectivity index is 2.76. The molecule has 1 rings (SSSR count). The molecule has 0 aliphatic carbocycles. The topological polar surface area (TPSA) is 35.5 Å². The van der Waals surface area contributed by atoms with Crippen LogP contribution in [0.4, 0.5) is 0 Å². The molecule has 1 aromatic rings. The smallest absolute Gasteiger partial charge is 0.312 e. The molecular weight excluding hydrogens is 211 g/mol. The van der Waals surface area contributed by atoms with Crippen LogP contribution in [0.3, 0.4) is 0 Å². The van der Waals surface area contributed by atoms with Crippen molar-refractivity contribution in [2.75, 3.05) is 14.2 Å². The van der Waals surface area contributed by atoms with Gasteiger partial charge in [-0.1, -0.05) is 31.2 Å². The van der Waals surface area contributed by atoms with E-state index in [2.05, 4.69) is 6.92 Å². The minimum Gasteiger partial charge on any atom is -0.312 e. The largest absolute Gasteiger partial charge is 0.334 e. The first kappa shape index (κ1) is 12.4. The Labute approximate surface area is 90.9 Å². The molecule has 0 aliphatic heterocycles. The van der Waals surface area contributed by atoms with Crippen LogP contribution in [0.5, 0.6) is 0 Å². The van der Waals surface area contributed by atoms with Crippen LogP contribution in [0.15, 0.2) is 24.3 Å². The zero-order valence-electron chi connectivity index (χ0n) is 9.40. The van der Waals surface area contributed by atoms with Gasteiger partial charge in [-0.3, -0.25) is 4.57 Å². The fourth-order valence-electron chi connectivity index (χ4n) is 1.31. The summed E-state index contributed by atoms with van der Waals surface area (Å²) in [5, 5.41) is 0. The fraction of sp³-hybridized carbons (Fsp3) is 0.455. The second kappa shape index (κ2) is 5.45. The molecule has 0 heterocycles. The molecule has 0 N–H and O–H groups in total. The van der Waals surface area contributed by atoms with Crippen molar-refractivity contribution >= 4 is 7.60 Å². The van der Waals surface area contributed by atoms with Gasteiger partial charge in [-0.05, 0) is 17.5 Å². The van der Waals surface area contributed by atoms with E-state index in [4.69, 9.17) is 9.05 Å². The van der Waals surface area contributed by atoms with Gasteiger partial charge in [0.2, 0.25) is 0 Å². The van der Waals surface area contributed by atoms with Crippen LogP contribution in [-0.4, -0.2) is 14.2 Å². The van der Waals surface area contributed by atoms with E-state index in [1.54, 1.807) is 0 Å². The van der Waals surface area contributed by atoms with Crippen LogP contribution in [0.25, 0.3) is 0 Å². The quantitative estimate of drug-likeness (QED) is 0.726. The molecule has 0 bridgehead atoms. The van der Waals surface area contributed by atoms with Gasteiger partial charge in [-0.25, -0.2) is 0 Å². The SMILES string of the molecule is CCc1ccc(CP(=O)(OC)OC)cc1. The van der Waals surface area contributed by atoms with E-state index in [1.165, 1.54) is 19.8 Å². The van der Waals surface area contributed by atoms with Gasteiger partial charge in [-0.2, -0.15) is 0 Å². The van der Waals surface area contributed by atoms with Gasteiger partial charge in [-0.15, -0.1) is 0 Å². The van der Waals surface area contributed by atoms with Gasteiger partial charge in [0.15, 0.2) is 0 Å². The highest BCUT2D eigenvalue weighted by Gasteiger charge is 2.21. The van der Waals surface area contributed by atoms with Crippen molar-refractivity contribution in [2.45, 2.75) is 19.5 Å². The molecule has 0 atom stereocenters. The van der Waals surface area contributed by atoms with Crippen molar-refractivity contribution in [3.63, 3.8) is 0 Å². The summed E-state index contributed by atoms with van der Waals surface area (Å²) in [5.74, 6) is 0. The van der Waals surface area contributed by atoms with E-state index in [9.17, 15) is 4.57 Å². The number of rotatable bonds is 5. The zero-order chi connectivity index (χ0) is 11.3. The number of benzene rings is 1. The molecule has 0 amide bonds. The maximum atomic E-state index is 11.8. The van der Waals surface area contributed by atoms with Crippen molar-refractivity contribution in [2.24, 2.45) is 0 Å². The van der Waals surface area contributed by atoms with Gasteiger partial charge < -0.3 is 9.05 Å². The zero-order valence-corrected chi connectivity index (χ0v) is 10.3. The summed E-state index contributed by atoms with van der Waals surface area (Å²) >= 11 is 0. The molecule has 3 nitrogen and oxygen atoms in total. The lowest BCUT2D eigenvalue weighted by Gasteiger charge is -2.13. The Morgan fingerprint density at radius 3 is 1.93 bits per heavy atom. The first-order valence-electron chi connectivity index (χ1n) is 4.92. The van der Waals surface area contributed by atoms with Crippen molar-refractivity contribution in [1.82, 2.24) is 0 Å². The van der Waals surface area contributed by atoms with Gasteiger partial charge in [0, 0.05) is 14.2 Å². The molecule has 84 valence electrons. The Hall–Kier alpha value is -0.630. The summed E-state index contributed by atoms with van der Waals surface area (Å²) in [7, 11) is -0.112. The van der Waals surface area contributed by atoms with Crippen LogP contribution >= 0.6 is 7.60 Å². The molecule has 0 aliphatic rings. The van der Waals surface area contributed by atoms with E-state index >= 15 is 0 Å². The summed E-state index contributed by atoms with van der Waals surface area (Å²) in [4.78, 5) is 0. The van der Waals surface area contributed by atoms with E-state index in [0.29, 0.717) is 6.16 Å². The fourth-order valence-corrected chi connectivity index (χ4v) is 2.37. The standard InChI is InChI=1S/C11H17O3P/c1-4-10-5-7-11(8-6-10)9-15(12,13-2)14-3/h5-8H,4,9H2,1-3H3. The highest BCUT2D eigenvalue weighted by atomic mass is 31.2. The summed E-state index contributed by atoms with van der Waals surface area (Å²) in [6.07, 6.45) is 1.33. The average Bonchev–Trinajstić information content (AvgIpc) is 2.30. The summed E-state index contributed by atoms with van der Waals surface area (Å²) in [5.41, 5.74) is 2.24. The molecule has 0 spiro atoms. The Morgan fingerprint density at radius 2 is 1.53 bits per heavy atom. The summed E-state index contributed by atoms with van der Waals surface area (Å²) < 4.78 is 21.6. The van der Waals surface area contributed by atoms with E-state index in [1.807, 2.05) is 24.3 Å². The maximum Gasteiger partial charge on any atom is 0.334 e. The Bertz CT molecular complexity index is 337. The van der Waals surface area contributed by atoms with Crippen LogP contribution in [0.1, 0.15) is 18.1 Å². The molecule has 0 radical (unpaired) electrons. The predicted molar refractivity (Wildman–Crippen MR) is 61.1 cm³/mol. The van der Waals surface area contributed by atoms with Crippen LogP contribution in [0.2, 0.25) is 0 Å². The molecular formula is C11H17O3P. The lowest BCUT2D eigenvalue weighted by Crippen LogP contribution is -1.93. The number of aryl methyl sites for hydroxylation is 1. The van der Waals surface area contributed by atoms with Crippen molar-refractivity contribution < 1.29 is 13.6 Å². The van der Waals surface area contributed by atoms with Crippen LogP contribution in [-0.2, 0) is 26.2 Å². The minimum atomic E-state index is -2.93. The highest BCUT2D eigenvalue weighted by molar-refractivity contribution is 7.52. The molecule has 0 unspecified atom stereocenters. The summed E-state index contributed by atoms with van der Waals surface area (Å²) in [6.45, 7) is 2.10. The lowest BCUT2D eigenvalue weighted by atomic mass is 10.1. The molecule has 0 aromatic heterocycles. The van der Waals surface area contributed by atoms with Gasteiger partial charge in [0.25, 0.3) is 0 Å². The first-order valence-corrected chi connectivity index (χ1v) is 6.64. The highest BCUT2D eigenvalue weighted by Crippen LogP contribution is 2.49. The average molecular weight is 228 g/mol. The molecule has 0 fully saturated rings. The van der Waals surface area contributed by atoms with Gasteiger partial charge in [0.05, 0.1) is 6.16 Å². The third kappa shape index (κ3) is 3.45. The Morgan fingerprint density at radius 1 is 1.07 bits per heavy atom. The first-order chi connectivity index (χ1) is 7.13. The normalized spacial score (nSPS) is 11.7. The van der Waals surface area contributed by atoms with Crippen LogP contribution < -0.4 is 0 Å². The van der Waals surface area contributed by atoms with Crippen molar-refractivity contribution in [3.05, 3.63) is 35.4 Å². The third-order valence-corrected chi connectivity index (χ3v) is 4.23. The van der Waals surface area contributed by atoms with Crippen LogP contribution in [0, 0.1) is 0 Å². The predicted octanol–water partition coefficient (Wildman–Crippen LogP) is 3.23. The second-order valence-electron chi connectivity index (χ2n) is 3.30. The maximum absolute atomic E-state index is 11.8. The Kier molecular flexibility index (Phi) is 4.52.